The van der Waals surface area contributed by atoms with E-state index in [1.165, 1.54) is 4.88 Å². The quantitative estimate of drug-likeness (QED) is 0.844. The predicted molar refractivity (Wildman–Crippen MR) is 62.4 cm³/mol. The molecule has 0 amide bonds. The van der Waals surface area contributed by atoms with Crippen molar-refractivity contribution in [2.45, 2.75) is 13.5 Å². The fourth-order valence-electron chi connectivity index (χ4n) is 1.59. The first-order valence-electron chi connectivity index (χ1n) is 5.37. The van der Waals surface area contributed by atoms with Gasteiger partial charge in [0.25, 0.3) is 0 Å². The lowest BCUT2D eigenvalue weighted by Crippen LogP contribution is -2.35. The third-order valence-corrected chi connectivity index (χ3v) is 3.30. The van der Waals surface area contributed by atoms with Gasteiger partial charge < -0.3 is 10.1 Å². The van der Waals surface area contributed by atoms with Crippen LogP contribution >= 0.6 is 11.3 Å². The molecule has 1 aromatic heterocycles. The van der Waals surface area contributed by atoms with Crippen LogP contribution in [0.3, 0.4) is 0 Å². The molecular formula is C10H17N3OS. The molecule has 2 rings (SSSR count). The number of morpholine rings is 1. The summed E-state index contributed by atoms with van der Waals surface area (Å²) >= 11 is 1.75. The molecule has 15 heavy (non-hydrogen) atoms. The van der Waals surface area contributed by atoms with Gasteiger partial charge >= 0.3 is 0 Å². The first-order valence-corrected chi connectivity index (χ1v) is 6.19. The van der Waals surface area contributed by atoms with Gasteiger partial charge in [0.2, 0.25) is 0 Å². The van der Waals surface area contributed by atoms with E-state index in [0.717, 1.165) is 44.5 Å². The molecule has 0 aliphatic carbocycles. The molecule has 2 heterocycles. The Morgan fingerprint density at radius 2 is 2.33 bits per heavy atom. The second-order valence-corrected chi connectivity index (χ2v) is 4.67. The monoisotopic (exact) mass is 227 g/mol. The van der Waals surface area contributed by atoms with Crippen LogP contribution in [0.5, 0.6) is 0 Å². The van der Waals surface area contributed by atoms with Crippen molar-refractivity contribution in [2.75, 3.05) is 38.2 Å². The summed E-state index contributed by atoms with van der Waals surface area (Å²) < 4.78 is 5.31. The number of nitrogens with zero attached hydrogens (tertiary/aromatic N) is 2. The van der Waals surface area contributed by atoms with E-state index in [-0.39, 0.29) is 0 Å². The Morgan fingerprint density at radius 1 is 1.53 bits per heavy atom. The zero-order chi connectivity index (χ0) is 10.5. The summed E-state index contributed by atoms with van der Waals surface area (Å²) in [5.41, 5.74) is 0. The van der Waals surface area contributed by atoms with E-state index in [0.29, 0.717) is 0 Å². The van der Waals surface area contributed by atoms with Gasteiger partial charge in [-0.1, -0.05) is 0 Å². The van der Waals surface area contributed by atoms with E-state index in [9.17, 15) is 0 Å². The lowest BCUT2D eigenvalue weighted by Gasteiger charge is -2.25. The van der Waals surface area contributed by atoms with Gasteiger partial charge in [-0.2, -0.15) is 0 Å². The lowest BCUT2D eigenvalue weighted by atomic mass is 10.4. The Balaban J connectivity index is 1.86. The van der Waals surface area contributed by atoms with Crippen LogP contribution in [0, 0.1) is 0 Å². The van der Waals surface area contributed by atoms with Crippen LogP contribution in [0.1, 0.15) is 11.8 Å². The highest BCUT2D eigenvalue weighted by molar-refractivity contribution is 7.15. The molecule has 0 spiro atoms. The number of hydrogen-bond donors (Lipinski definition) is 1. The number of nitrogens with one attached hydrogen (secondary N) is 1. The van der Waals surface area contributed by atoms with Crippen molar-refractivity contribution < 1.29 is 4.74 Å². The summed E-state index contributed by atoms with van der Waals surface area (Å²) in [4.78, 5) is 8.06. The SMILES string of the molecule is CCNc1ncc(CN2CCOCC2)s1. The van der Waals surface area contributed by atoms with E-state index >= 15 is 0 Å². The molecule has 4 nitrogen and oxygen atoms in total. The summed E-state index contributed by atoms with van der Waals surface area (Å²) in [7, 11) is 0. The zero-order valence-electron chi connectivity index (χ0n) is 9.03. The van der Waals surface area contributed by atoms with Crippen molar-refractivity contribution in [2.24, 2.45) is 0 Å². The van der Waals surface area contributed by atoms with Crippen LogP contribution in [-0.4, -0.2) is 42.7 Å². The number of aromatic nitrogens is 1. The standard InChI is InChI=1S/C10H17N3OS/c1-2-11-10-12-7-9(15-10)8-13-3-5-14-6-4-13/h7H,2-6,8H2,1H3,(H,11,12). The van der Waals surface area contributed by atoms with Crippen LogP contribution in [0.15, 0.2) is 6.20 Å². The summed E-state index contributed by atoms with van der Waals surface area (Å²) in [5, 5.41) is 4.26. The van der Waals surface area contributed by atoms with Gasteiger partial charge in [-0.15, -0.1) is 11.3 Å². The fraction of sp³-hybridized carbons (Fsp3) is 0.700. The molecule has 0 saturated carbocycles. The van der Waals surface area contributed by atoms with Gasteiger partial charge in [0.05, 0.1) is 13.2 Å². The van der Waals surface area contributed by atoms with Crippen molar-refractivity contribution in [1.82, 2.24) is 9.88 Å². The Morgan fingerprint density at radius 3 is 3.07 bits per heavy atom. The minimum atomic E-state index is 0.860. The van der Waals surface area contributed by atoms with Crippen molar-refractivity contribution in [3.05, 3.63) is 11.1 Å². The molecule has 5 heteroatoms. The minimum absolute atomic E-state index is 0.860. The molecule has 84 valence electrons. The second kappa shape index (κ2) is 5.44. The van der Waals surface area contributed by atoms with E-state index < -0.39 is 0 Å². The topological polar surface area (TPSA) is 37.4 Å². The summed E-state index contributed by atoms with van der Waals surface area (Å²) in [6, 6.07) is 0. The largest absolute Gasteiger partial charge is 0.379 e. The highest BCUT2D eigenvalue weighted by Crippen LogP contribution is 2.19. The normalized spacial score (nSPS) is 17.9. The number of hydrogen-bond acceptors (Lipinski definition) is 5. The summed E-state index contributed by atoms with van der Waals surface area (Å²) in [6.45, 7) is 7.82. The maximum absolute atomic E-state index is 5.31. The molecule has 1 aliphatic heterocycles. The highest BCUT2D eigenvalue weighted by Gasteiger charge is 2.12. The average Bonchev–Trinajstić information content (AvgIpc) is 2.68. The van der Waals surface area contributed by atoms with E-state index in [2.05, 4.69) is 22.1 Å². The number of ether oxygens (including phenoxy) is 1. The molecule has 1 saturated heterocycles. The average molecular weight is 227 g/mol. The summed E-state index contributed by atoms with van der Waals surface area (Å²) in [5.74, 6) is 0. The van der Waals surface area contributed by atoms with Crippen molar-refractivity contribution >= 4 is 16.5 Å². The maximum Gasteiger partial charge on any atom is 0.182 e. The molecule has 1 fully saturated rings. The predicted octanol–water partition coefficient (Wildman–Crippen LogP) is 1.41. The molecule has 0 atom stereocenters. The number of thiazole rings is 1. The Kier molecular flexibility index (Phi) is 3.94. The van der Waals surface area contributed by atoms with Crippen LogP contribution in [-0.2, 0) is 11.3 Å². The molecule has 0 bridgehead atoms. The summed E-state index contributed by atoms with van der Waals surface area (Å²) in [6.07, 6.45) is 1.97. The van der Waals surface area contributed by atoms with Crippen LogP contribution in [0.2, 0.25) is 0 Å². The Labute approximate surface area is 94.3 Å². The molecule has 0 radical (unpaired) electrons. The van der Waals surface area contributed by atoms with Gasteiger partial charge in [-0.3, -0.25) is 4.90 Å². The van der Waals surface area contributed by atoms with Crippen molar-refractivity contribution in [3.63, 3.8) is 0 Å². The molecule has 1 N–H and O–H groups in total. The minimum Gasteiger partial charge on any atom is -0.379 e. The van der Waals surface area contributed by atoms with Crippen LogP contribution in [0.25, 0.3) is 0 Å². The first-order chi connectivity index (χ1) is 7.38. The van der Waals surface area contributed by atoms with E-state index in [1.807, 2.05) is 6.20 Å². The van der Waals surface area contributed by atoms with Gasteiger partial charge in [-0.25, -0.2) is 4.98 Å². The lowest BCUT2D eigenvalue weighted by molar-refractivity contribution is 0.0346. The van der Waals surface area contributed by atoms with Crippen molar-refractivity contribution in [1.29, 1.82) is 0 Å². The number of anilines is 1. The van der Waals surface area contributed by atoms with E-state index in [4.69, 9.17) is 4.74 Å². The van der Waals surface area contributed by atoms with Crippen LogP contribution < -0.4 is 5.32 Å². The molecule has 1 aromatic rings. The van der Waals surface area contributed by atoms with Gasteiger partial charge in [-0.05, 0) is 6.92 Å². The molecule has 0 unspecified atom stereocenters. The van der Waals surface area contributed by atoms with Crippen molar-refractivity contribution in [3.8, 4) is 0 Å². The second-order valence-electron chi connectivity index (χ2n) is 3.55. The maximum atomic E-state index is 5.31. The first kappa shape index (κ1) is 10.9. The third-order valence-electron chi connectivity index (χ3n) is 2.36. The molecular weight excluding hydrogens is 210 g/mol. The fourth-order valence-corrected chi connectivity index (χ4v) is 2.52. The molecule has 1 aliphatic rings. The van der Waals surface area contributed by atoms with Gasteiger partial charge in [0, 0.05) is 37.3 Å². The zero-order valence-corrected chi connectivity index (χ0v) is 9.85. The molecule has 0 aromatic carbocycles. The Bertz CT molecular complexity index is 297. The highest BCUT2D eigenvalue weighted by atomic mass is 32.1. The van der Waals surface area contributed by atoms with Gasteiger partial charge in [0.15, 0.2) is 5.13 Å². The smallest absolute Gasteiger partial charge is 0.182 e. The Hall–Kier alpha value is -0.650. The van der Waals surface area contributed by atoms with E-state index in [1.54, 1.807) is 11.3 Å². The van der Waals surface area contributed by atoms with Crippen LogP contribution in [0.4, 0.5) is 5.13 Å². The third kappa shape index (κ3) is 3.15. The van der Waals surface area contributed by atoms with Gasteiger partial charge in [0.1, 0.15) is 0 Å². The number of rotatable bonds is 4.